The molecule has 2 aromatic heterocycles. The van der Waals surface area contributed by atoms with Crippen molar-refractivity contribution in [3.63, 3.8) is 0 Å². The van der Waals surface area contributed by atoms with Crippen molar-refractivity contribution in [1.29, 1.82) is 0 Å². The second-order valence-electron chi connectivity index (χ2n) is 13.1. The van der Waals surface area contributed by atoms with E-state index in [2.05, 4.69) is 19.7 Å². The summed E-state index contributed by atoms with van der Waals surface area (Å²) in [7, 11) is -2.55. The van der Waals surface area contributed by atoms with Gasteiger partial charge < -0.3 is 19.3 Å². The maximum absolute atomic E-state index is 14.4. The lowest BCUT2D eigenvalue weighted by atomic mass is 9.87. The normalized spacial score (nSPS) is 20.0. The summed E-state index contributed by atoms with van der Waals surface area (Å²) in [6.07, 6.45) is 4.33. The highest BCUT2D eigenvalue weighted by Crippen LogP contribution is 2.41. The Morgan fingerprint density at radius 1 is 1.04 bits per heavy atom. The first-order valence-corrected chi connectivity index (χ1v) is 17.9. The molecule has 3 heterocycles. The number of hydrogen-bond acceptors (Lipinski definition) is 10. The number of nitrogens with one attached hydrogen (secondary N) is 1. The molecule has 1 amide bonds. The van der Waals surface area contributed by atoms with E-state index in [1.807, 2.05) is 32.0 Å². The average molecular weight is 706 g/mol. The summed E-state index contributed by atoms with van der Waals surface area (Å²) in [5.74, 6) is -2.87. The lowest BCUT2D eigenvalue weighted by Crippen LogP contribution is -2.49. The topological polar surface area (TPSA) is 140 Å². The summed E-state index contributed by atoms with van der Waals surface area (Å²) in [6, 6.07) is 12.1. The molecule has 12 nitrogen and oxygen atoms in total. The molecular formula is C35H37F2N7O5S. The van der Waals surface area contributed by atoms with Crippen LogP contribution in [0.5, 0.6) is 5.88 Å². The van der Waals surface area contributed by atoms with Crippen LogP contribution in [0.4, 0.5) is 20.5 Å². The minimum Gasteiger partial charge on any atom is -0.475 e. The van der Waals surface area contributed by atoms with E-state index >= 15 is 0 Å². The summed E-state index contributed by atoms with van der Waals surface area (Å²) in [5.41, 5.74) is 3.66. The van der Waals surface area contributed by atoms with Gasteiger partial charge in [0.2, 0.25) is 11.8 Å². The zero-order valence-electron chi connectivity index (χ0n) is 27.8. The Balaban J connectivity index is 1.28. The molecule has 15 heteroatoms. The van der Waals surface area contributed by atoms with Crippen molar-refractivity contribution < 1.29 is 31.5 Å². The van der Waals surface area contributed by atoms with Crippen LogP contribution >= 0.6 is 0 Å². The predicted octanol–water partition coefficient (Wildman–Crippen LogP) is 5.17. The fourth-order valence-electron chi connectivity index (χ4n) is 6.20. The fourth-order valence-corrected chi connectivity index (χ4v) is 7.19. The molecule has 4 bridgehead atoms. The van der Waals surface area contributed by atoms with Crippen molar-refractivity contribution in [2.24, 2.45) is 0 Å². The highest BCUT2D eigenvalue weighted by Gasteiger charge is 2.47. The molecule has 1 N–H and O–H groups in total. The maximum atomic E-state index is 14.4. The Bertz CT molecular complexity index is 2020. The molecule has 2 aliphatic carbocycles. The van der Waals surface area contributed by atoms with Gasteiger partial charge >= 0.3 is 0 Å². The zero-order valence-corrected chi connectivity index (χ0v) is 28.7. The Labute approximate surface area is 288 Å². The third kappa shape index (κ3) is 7.24. The number of fused-ring (bicyclic) bond motifs is 4. The molecule has 3 aliphatic rings. The van der Waals surface area contributed by atoms with Gasteiger partial charge in [0, 0.05) is 43.1 Å². The van der Waals surface area contributed by atoms with Crippen LogP contribution in [0.1, 0.15) is 52.9 Å². The lowest BCUT2D eigenvalue weighted by molar-refractivity contribution is -0.0850. The molecule has 4 aromatic rings. The first-order valence-electron chi connectivity index (χ1n) is 16.4. The van der Waals surface area contributed by atoms with Crippen molar-refractivity contribution in [3.05, 3.63) is 83.3 Å². The van der Waals surface area contributed by atoms with E-state index in [0.29, 0.717) is 17.2 Å². The van der Waals surface area contributed by atoms with Gasteiger partial charge in [-0.15, -0.1) is 0 Å². The molecule has 2 aromatic carbocycles. The van der Waals surface area contributed by atoms with E-state index in [0.717, 1.165) is 29.5 Å². The largest absolute Gasteiger partial charge is 0.475 e. The molecule has 0 spiro atoms. The van der Waals surface area contributed by atoms with Gasteiger partial charge in [0.25, 0.3) is 21.9 Å². The van der Waals surface area contributed by atoms with Gasteiger partial charge in [-0.1, -0.05) is 24.3 Å². The first kappa shape index (κ1) is 33.7. The molecule has 7 rings (SSSR count). The number of sulfonamides is 1. The number of aromatic nitrogens is 4. The SMILES string of the molecule is Cc1cccc(C)c1-c1cc2nc(n1)NS(=O)(=O)c1cccc(c1)C(=O)N(Cc1cncc(N(C)C3CC(F)(F)C3)n1)[C@H](COC1CC1)CO2. The third-order valence-corrected chi connectivity index (χ3v) is 10.5. The second kappa shape index (κ2) is 13.2. The van der Waals surface area contributed by atoms with E-state index in [-0.39, 0.29) is 67.0 Å². The molecule has 1 aliphatic heterocycles. The van der Waals surface area contributed by atoms with Crippen LogP contribution in [0.25, 0.3) is 11.3 Å². The van der Waals surface area contributed by atoms with Gasteiger partial charge in [-0.25, -0.2) is 31.9 Å². The van der Waals surface area contributed by atoms with Crippen LogP contribution in [-0.2, 0) is 21.3 Å². The minimum absolute atomic E-state index is 0.0473. The van der Waals surface area contributed by atoms with Crippen LogP contribution < -0.4 is 14.4 Å². The Kier molecular flexibility index (Phi) is 8.89. The average Bonchev–Trinajstić information content (AvgIpc) is 3.90. The molecule has 0 unspecified atom stereocenters. The Morgan fingerprint density at radius 2 is 1.78 bits per heavy atom. The van der Waals surface area contributed by atoms with Gasteiger partial charge in [-0.3, -0.25) is 9.78 Å². The van der Waals surface area contributed by atoms with Crippen molar-refractivity contribution in [2.75, 3.05) is 29.9 Å². The number of nitrogens with zero attached hydrogens (tertiary/aromatic N) is 6. The van der Waals surface area contributed by atoms with Crippen LogP contribution in [0.15, 0.2) is 65.8 Å². The predicted molar refractivity (Wildman–Crippen MR) is 181 cm³/mol. The van der Waals surface area contributed by atoms with Crippen molar-refractivity contribution in [2.45, 2.75) is 75.1 Å². The molecule has 0 radical (unpaired) electrons. The number of rotatable bonds is 8. The molecule has 50 heavy (non-hydrogen) atoms. The van der Waals surface area contributed by atoms with Gasteiger partial charge in [0.15, 0.2) is 0 Å². The Morgan fingerprint density at radius 3 is 2.50 bits per heavy atom. The van der Waals surface area contributed by atoms with Gasteiger partial charge in [0.05, 0.1) is 54.0 Å². The summed E-state index contributed by atoms with van der Waals surface area (Å²) in [4.78, 5) is 35.4. The second-order valence-corrected chi connectivity index (χ2v) is 14.8. The molecule has 2 saturated carbocycles. The van der Waals surface area contributed by atoms with Crippen LogP contribution in [0.2, 0.25) is 0 Å². The number of aryl methyl sites for hydroxylation is 2. The van der Waals surface area contributed by atoms with Gasteiger partial charge in [0.1, 0.15) is 12.4 Å². The number of carbonyl (C=O) groups excluding carboxylic acids is 1. The van der Waals surface area contributed by atoms with E-state index < -0.39 is 27.9 Å². The van der Waals surface area contributed by atoms with Crippen LogP contribution in [0, 0.1) is 13.8 Å². The third-order valence-electron chi connectivity index (χ3n) is 9.21. The number of ether oxygens (including phenoxy) is 2. The highest BCUT2D eigenvalue weighted by atomic mass is 32.2. The highest BCUT2D eigenvalue weighted by molar-refractivity contribution is 7.92. The summed E-state index contributed by atoms with van der Waals surface area (Å²) in [5, 5.41) is 0. The monoisotopic (exact) mass is 705 g/mol. The van der Waals surface area contributed by atoms with E-state index in [1.54, 1.807) is 18.0 Å². The number of hydrogen-bond donors (Lipinski definition) is 1. The Hall–Kier alpha value is -4.76. The number of carbonyl (C=O) groups is 1. The minimum atomic E-state index is -4.24. The van der Waals surface area contributed by atoms with E-state index in [9.17, 15) is 22.0 Å². The molecule has 262 valence electrons. The number of halogens is 2. The smallest absolute Gasteiger partial charge is 0.264 e. The van der Waals surface area contributed by atoms with Crippen LogP contribution in [0.3, 0.4) is 0 Å². The van der Waals surface area contributed by atoms with Crippen molar-refractivity contribution >= 4 is 27.7 Å². The number of amides is 1. The molecule has 2 fully saturated rings. The number of benzene rings is 2. The summed E-state index contributed by atoms with van der Waals surface area (Å²) >= 11 is 0. The molecule has 1 atom stereocenters. The lowest BCUT2D eigenvalue weighted by Gasteiger charge is -2.41. The molecule has 0 saturated heterocycles. The summed E-state index contributed by atoms with van der Waals surface area (Å²) in [6.45, 7) is 3.90. The van der Waals surface area contributed by atoms with Crippen molar-refractivity contribution in [3.8, 4) is 17.1 Å². The standard InChI is InChI=1S/C35H37F2N7O5S/c1-21-6-4-7-22(2)32(21)29-13-31-41-34(40-29)42-50(46,47)28-9-5-8-23(12-28)33(45)44(26(20-49-31)19-48-27-10-11-27)18-24-16-38-17-30(39-24)43(3)25-14-35(36,37)15-25/h4-9,12-13,16-17,25-27H,10-11,14-15,18-20H2,1-3H3,(H,40,41,42)/t26-/m1/s1. The van der Waals surface area contributed by atoms with E-state index in [4.69, 9.17) is 14.5 Å². The van der Waals surface area contributed by atoms with Crippen molar-refractivity contribution in [1.82, 2.24) is 24.8 Å². The van der Waals surface area contributed by atoms with Gasteiger partial charge in [-0.05, 0) is 56.0 Å². The quantitative estimate of drug-likeness (QED) is 0.261. The van der Waals surface area contributed by atoms with Gasteiger partial charge in [-0.2, -0.15) is 4.98 Å². The molecular weight excluding hydrogens is 668 g/mol. The number of anilines is 2. The first-order chi connectivity index (χ1) is 23.8. The maximum Gasteiger partial charge on any atom is 0.264 e. The summed E-state index contributed by atoms with van der Waals surface area (Å²) < 4.78 is 69.5. The van der Waals surface area contributed by atoms with E-state index in [1.165, 1.54) is 41.6 Å². The zero-order chi connectivity index (χ0) is 35.2. The fraction of sp³-hybridized carbons (Fsp3) is 0.400. The number of alkyl halides is 2. The van der Waals surface area contributed by atoms with Crippen LogP contribution in [-0.4, -0.2) is 83.5 Å².